The lowest BCUT2D eigenvalue weighted by atomic mass is 9.96. The van der Waals surface area contributed by atoms with Gasteiger partial charge in [0.15, 0.2) is 5.82 Å². The number of methoxy groups -OCH3 is 1. The fourth-order valence-corrected chi connectivity index (χ4v) is 5.12. The molecule has 1 atom stereocenters. The number of hydrogen-bond acceptors (Lipinski definition) is 6. The molecule has 8 nitrogen and oxygen atoms in total. The summed E-state index contributed by atoms with van der Waals surface area (Å²) < 4.78 is 7.73. The van der Waals surface area contributed by atoms with Crippen LogP contribution in [0.5, 0.6) is 5.75 Å². The minimum atomic E-state index is -0.220. The molecule has 3 aliphatic rings. The molecule has 1 aromatic carbocycles. The fourth-order valence-electron chi connectivity index (χ4n) is 5.12. The van der Waals surface area contributed by atoms with E-state index in [0.717, 1.165) is 44.0 Å². The molecule has 1 fully saturated rings. The monoisotopic (exact) mass is 444 g/mol. The summed E-state index contributed by atoms with van der Waals surface area (Å²) in [6, 6.07) is 10.7. The smallest absolute Gasteiger partial charge is 0.260 e. The Kier molecular flexibility index (Phi) is 4.90. The molecular weight excluding hydrogens is 416 g/mol. The first-order valence-electron chi connectivity index (χ1n) is 11.8. The first-order chi connectivity index (χ1) is 16.1. The molecule has 0 radical (unpaired) electrons. The van der Waals surface area contributed by atoms with Gasteiger partial charge in [0.25, 0.3) is 5.91 Å². The van der Waals surface area contributed by atoms with E-state index in [-0.39, 0.29) is 5.91 Å². The van der Waals surface area contributed by atoms with Gasteiger partial charge in [0, 0.05) is 31.6 Å². The number of aryl methyl sites for hydroxylation is 1. The molecule has 2 aliphatic heterocycles. The van der Waals surface area contributed by atoms with E-state index >= 15 is 0 Å². The van der Waals surface area contributed by atoms with Gasteiger partial charge in [-0.1, -0.05) is 6.07 Å². The van der Waals surface area contributed by atoms with Gasteiger partial charge in [-0.15, -0.1) is 10.2 Å². The van der Waals surface area contributed by atoms with E-state index in [0.29, 0.717) is 34.9 Å². The maximum atomic E-state index is 13.3. The van der Waals surface area contributed by atoms with Crippen molar-refractivity contribution in [2.75, 3.05) is 19.0 Å². The number of amides is 1. The van der Waals surface area contributed by atoms with E-state index in [1.165, 1.54) is 24.0 Å². The third-order valence-corrected chi connectivity index (χ3v) is 7.08. The average Bonchev–Trinajstić information content (AvgIpc) is 3.50. The lowest BCUT2D eigenvalue weighted by Gasteiger charge is -2.29. The Hall–Kier alpha value is -3.26. The maximum absolute atomic E-state index is 13.3. The molecule has 3 aromatic rings. The summed E-state index contributed by atoms with van der Waals surface area (Å²) in [6.07, 6.45) is 5.56. The lowest BCUT2D eigenvalue weighted by Crippen LogP contribution is -2.32. The summed E-state index contributed by atoms with van der Waals surface area (Å²) in [5.41, 5.74) is 3.74. The number of nitrogens with zero attached hydrogens (tertiary/aromatic N) is 5. The summed E-state index contributed by atoms with van der Waals surface area (Å²) in [4.78, 5) is 20.5. The van der Waals surface area contributed by atoms with Gasteiger partial charge < -0.3 is 14.6 Å². The number of nitrogens with one attached hydrogen (secondary N) is 1. The van der Waals surface area contributed by atoms with E-state index < -0.39 is 0 Å². The summed E-state index contributed by atoms with van der Waals surface area (Å²) in [6.45, 7) is 4.14. The normalized spacial score (nSPS) is 19.8. The number of fused-ring (bicyclic) bond motifs is 2. The van der Waals surface area contributed by atoms with Crippen molar-refractivity contribution < 1.29 is 9.53 Å². The summed E-state index contributed by atoms with van der Waals surface area (Å²) in [7, 11) is 1.61. The van der Waals surface area contributed by atoms with Crippen molar-refractivity contribution in [2.24, 2.45) is 0 Å². The van der Waals surface area contributed by atoms with Crippen molar-refractivity contribution in [1.29, 1.82) is 0 Å². The number of benzene rings is 1. The molecule has 1 aliphatic carbocycles. The second-order valence-electron chi connectivity index (χ2n) is 9.33. The number of hydrogen-bond donors (Lipinski definition) is 1. The van der Waals surface area contributed by atoms with Crippen molar-refractivity contribution in [1.82, 2.24) is 24.6 Å². The molecule has 1 N–H and O–H groups in total. The highest BCUT2D eigenvalue weighted by atomic mass is 16.5. The number of carbonyl (C=O) groups excluding carboxylic acids is 1. The summed E-state index contributed by atoms with van der Waals surface area (Å²) >= 11 is 0. The van der Waals surface area contributed by atoms with Gasteiger partial charge in [-0.25, -0.2) is 4.98 Å². The quantitative estimate of drug-likeness (QED) is 0.647. The largest absolute Gasteiger partial charge is 0.496 e. The number of carbonyl (C=O) groups is 1. The van der Waals surface area contributed by atoms with Crippen LogP contribution in [0.3, 0.4) is 0 Å². The summed E-state index contributed by atoms with van der Waals surface area (Å²) in [5, 5.41) is 11.6. The van der Waals surface area contributed by atoms with Gasteiger partial charge in [0.2, 0.25) is 0 Å². The second kappa shape index (κ2) is 7.95. The molecule has 170 valence electrons. The molecule has 0 spiro atoms. The maximum Gasteiger partial charge on any atom is 0.260 e. The number of pyridine rings is 1. The highest BCUT2D eigenvalue weighted by Gasteiger charge is 2.32. The molecular formula is C25H28N6O2. The number of aromatic nitrogens is 4. The zero-order valence-corrected chi connectivity index (χ0v) is 19.0. The molecule has 6 rings (SSSR count). The number of rotatable bonds is 5. The van der Waals surface area contributed by atoms with E-state index in [1.54, 1.807) is 13.2 Å². The highest BCUT2D eigenvalue weighted by Crippen LogP contribution is 2.34. The van der Waals surface area contributed by atoms with Crippen molar-refractivity contribution in [3.05, 3.63) is 52.8 Å². The molecule has 8 heteroatoms. The molecule has 33 heavy (non-hydrogen) atoms. The van der Waals surface area contributed by atoms with E-state index in [2.05, 4.69) is 36.9 Å². The van der Waals surface area contributed by atoms with Crippen molar-refractivity contribution in [3.8, 4) is 17.3 Å². The van der Waals surface area contributed by atoms with E-state index in [4.69, 9.17) is 4.74 Å². The third-order valence-electron chi connectivity index (χ3n) is 7.08. The van der Waals surface area contributed by atoms with Crippen LogP contribution < -0.4 is 10.1 Å². The molecule has 0 bridgehead atoms. The van der Waals surface area contributed by atoms with Gasteiger partial charge in [-0.3, -0.25) is 9.69 Å². The Morgan fingerprint density at radius 1 is 1.12 bits per heavy atom. The zero-order chi connectivity index (χ0) is 22.5. The van der Waals surface area contributed by atoms with Gasteiger partial charge >= 0.3 is 0 Å². The van der Waals surface area contributed by atoms with Crippen LogP contribution in [0.4, 0.5) is 5.82 Å². The van der Waals surface area contributed by atoms with E-state index in [9.17, 15) is 4.79 Å². The van der Waals surface area contributed by atoms with Crippen molar-refractivity contribution in [2.45, 2.75) is 57.7 Å². The number of ether oxygens (including phenoxy) is 1. The van der Waals surface area contributed by atoms with E-state index in [1.807, 2.05) is 24.3 Å². The SMILES string of the molecule is COc1cc2c(cc1C(=O)Nc1cccc(-c3nnc4n3[C@@H](C)CC4)n1)CN(C1CC1)CC2. The van der Waals surface area contributed by atoms with Crippen LogP contribution in [-0.2, 0) is 19.4 Å². The molecule has 0 unspecified atom stereocenters. The van der Waals surface area contributed by atoms with Crippen LogP contribution in [0.1, 0.15) is 59.5 Å². The molecule has 4 heterocycles. The lowest BCUT2D eigenvalue weighted by molar-refractivity contribution is 0.102. The zero-order valence-electron chi connectivity index (χ0n) is 19.0. The first-order valence-corrected chi connectivity index (χ1v) is 11.8. The minimum absolute atomic E-state index is 0.220. The first kappa shape index (κ1) is 20.4. The molecule has 1 amide bonds. The van der Waals surface area contributed by atoms with Crippen LogP contribution in [0.2, 0.25) is 0 Å². The van der Waals surface area contributed by atoms with Crippen LogP contribution in [0, 0.1) is 0 Å². The third kappa shape index (κ3) is 3.68. The van der Waals surface area contributed by atoms with Gasteiger partial charge in [-0.05, 0) is 68.0 Å². The van der Waals surface area contributed by atoms with Crippen LogP contribution in [0.25, 0.3) is 11.5 Å². The van der Waals surface area contributed by atoms with Crippen LogP contribution in [-0.4, -0.2) is 50.3 Å². The Morgan fingerprint density at radius 2 is 2.00 bits per heavy atom. The number of anilines is 1. The highest BCUT2D eigenvalue weighted by molar-refractivity contribution is 6.06. The van der Waals surface area contributed by atoms with Gasteiger partial charge in [0.05, 0.1) is 12.7 Å². The Balaban J connectivity index is 1.27. The topological polar surface area (TPSA) is 85.2 Å². The second-order valence-corrected chi connectivity index (χ2v) is 9.33. The van der Waals surface area contributed by atoms with Gasteiger partial charge in [0.1, 0.15) is 23.1 Å². The Bertz CT molecular complexity index is 1230. The van der Waals surface area contributed by atoms with Crippen molar-refractivity contribution >= 4 is 11.7 Å². The Labute approximate surface area is 193 Å². The molecule has 0 saturated heterocycles. The molecule has 1 saturated carbocycles. The standard InChI is InChI=1S/C25H28N6O2/c1-15-6-9-23-28-29-24(31(15)23)20-4-3-5-22(26-20)27-25(32)19-12-17-14-30(18-7-8-18)11-10-16(17)13-21(19)33-2/h3-5,12-13,15,18H,6-11,14H2,1-2H3,(H,26,27,32)/t15-/m0/s1. The van der Waals surface area contributed by atoms with Gasteiger partial charge in [-0.2, -0.15) is 0 Å². The minimum Gasteiger partial charge on any atom is -0.496 e. The fraction of sp³-hybridized carbons (Fsp3) is 0.440. The summed E-state index contributed by atoms with van der Waals surface area (Å²) in [5.74, 6) is 2.61. The molecule has 2 aromatic heterocycles. The predicted molar refractivity (Wildman–Crippen MR) is 124 cm³/mol. The van der Waals surface area contributed by atoms with Crippen LogP contribution >= 0.6 is 0 Å². The van der Waals surface area contributed by atoms with Crippen molar-refractivity contribution in [3.63, 3.8) is 0 Å². The average molecular weight is 445 g/mol. The Morgan fingerprint density at radius 3 is 2.82 bits per heavy atom. The van der Waals surface area contributed by atoms with Crippen LogP contribution in [0.15, 0.2) is 30.3 Å². The predicted octanol–water partition coefficient (Wildman–Crippen LogP) is 3.63.